The lowest BCUT2D eigenvalue weighted by molar-refractivity contribution is 0.379. The number of nitrogens with zero attached hydrogens (tertiary/aromatic N) is 3. The second kappa shape index (κ2) is 5.40. The van der Waals surface area contributed by atoms with Crippen molar-refractivity contribution in [2.24, 2.45) is 5.84 Å². The number of aromatic nitrogens is 3. The molecule has 0 atom stereocenters. The Hall–Kier alpha value is -2.55. The summed E-state index contributed by atoms with van der Waals surface area (Å²) in [4.78, 5) is 11.5. The average Bonchev–Trinajstić information content (AvgIpc) is 2.37. The SMILES string of the molecule is COc1nc(NN)nc(Nc2cc(F)cc(F)c2)n1. The van der Waals surface area contributed by atoms with E-state index >= 15 is 0 Å². The molecule has 2 rings (SSSR count). The van der Waals surface area contributed by atoms with E-state index in [1.165, 1.54) is 7.11 Å². The Morgan fingerprint density at radius 1 is 1.05 bits per heavy atom. The third-order valence-electron chi connectivity index (χ3n) is 2.05. The second-order valence-corrected chi connectivity index (χ2v) is 3.40. The van der Waals surface area contributed by atoms with Crippen molar-refractivity contribution in [3.63, 3.8) is 0 Å². The van der Waals surface area contributed by atoms with Gasteiger partial charge in [0.05, 0.1) is 7.11 Å². The standard InChI is InChI=1S/C10H10F2N6O/c1-19-10-16-8(15-9(17-10)18-13)14-7-3-5(11)2-6(12)4-7/h2-4H,13H2,1H3,(H2,14,15,16,17,18). The summed E-state index contributed by atoms with van der Waals surface area (Å²) < 4.78 is 30.9. The number of methoxy groups -OCH3 is 1. The number of anilines is 3. The molecule has 1 aromatic heterocycles. The lowest BCUT2D eigenvalue weighted by atomic mass is 10.3. The van der Waals surface area contributed by atoms with E-state index in [2.05, 4.69) is 25.7 Å². The first-order chi connectivity index (χ1) is 9.10. The molecule has 0 saturated heterocycles. The Labute approximate surface area is 106 Å². The Balaban J connectivity index is 2.31. The van der Waals surface area contributed by atoms with Crippen molar-refractivity contribution in [1.82, 2.24) is 15.0 Å². The third kappa shape index (κ3) is 3.22. The lowest BCUT2D eigenvalue weighted by Gasteiger charge is -2.07. The van der Waals surface area contributed by atoms with E-state index < -0.39 is 11.6 Å². The highest BCUT2D eigenvalue weighted by atomic mass is 19.1. The van der Waals surface area contributed by atoms with E-state index in [-0.39, 0.29) is 23.6 Å². The van der Waals surface area contributed by atoms with Gasteiger partial charge >= 0.3 is 6.01 Å². The van der Waals surface area contributed by atoms with Crippen molar-refractivity contribution in [2.45, 2.75) is 0 Å². The fourth-order valence-electron chi connectivity index (χ4n) is 1.32. The molecule has 0 spiro atoms. The maximum atomic E-state index is 13.0. The summed E-state index contributed by atoms with van der Waals surface area (Å²) >= 11 is 0. The van der Waals surface area contributed by atoms with Crippen LogP contribution in [0.5, 0.6) is 6.01 Å². The molecule has 0 aliphatic carbocycles. The van der Waals surface area contributed by atoms with Gasteiger partial charge in [-0.15, -0.1) is 0 Å². The molecular weight excluding hydrogens is 258 g/mol. The number of nitrogen functional groups attached to an aromatic ring is 1. The number of nitrogens with one attached hydrogen (secondary N) is 2. The molecule has 0 saturated carbocycles. The Morgan fingerprint density at radius 2 is 1.68 bits per heavy atom. The van der Waals surface area contributed by atoms with E-state index in [4.69, 9.17) is 10.6 Å². The zero-order valence-electron chi connectivity index (χ0n) is 9.82. The highest BCUT2D eigenvalue weighted by Crippen LogP contribution is 2.18. The third-order valence-corrected chi connectivity index (χ3v) is 2.05. The van der Waals surface area contributed by atoms with Crippen LogP contribution in [0.25, 0.3) is 0 Å². The quantitative estimate of drug-likeness (QED) is 0.566. The van der Waals surface area contributed by atoms with Crippen LogP contribution in [0.1, 0.15) is 0 Å². The summed E-state index contributed by atoms with van der Waals surface area (Å²) in [6.45, 7) is 0. The van der Waals surface area contributed by atoms with Crippen molar-refractivity contribution >= 4 is 17.6 Å². The zero-order valence-corrected chi connectivity index (χ0v) is 9.82. The molecule has 19 heavy (non-hydrogen) atoms. The number of hydrazine groups is 1. The van der Waals surface area contributed by atoms with Gasteiger partial charge in [-0.05, 0) is 12.1 Å². The Kier molecular flexibility index (Phi) is 3.66. The van der Waals surface area contributed by atoms with Crippen LogP contribution in [0, 0.1) is 11.6 Å². The largest absolute Gasteiger partial charge is 0.467 e. The van der Waals surface area contributed by atoms with Crippen molar-refractivity contribution in [2.75, 3.05) is 17.9 Å². The minimum Gasteiger partial charge on any atom is -0.467 e. The molecule has 0 aliphatic heterocycles. The number of nitrogens with two attached hydrogens (primary N) is 1. The normalized spacial score (nSPS) is 10.1. The van der Waals surface area contributed by atoms with Gasteiger partial charge < -0.3 is 10.1 Å². The molecule has 1 aromatic carbocycles. The van der Waals surface area contributed by atoms with Gasteiger partial charge in [0, 0.05) is 11.8 Å². The molecule has 0 fully saturated rings. The van der Waals surface area contributed by atoms with Crippen LogP contribution in [0.2, 0.25) is 0 Å². The maximum absolute atomic E-state index is 13.0. The van der Waals surface area contributed by atoms with Crippen LogP contribution in [-0.4, -0.2) is 22.1 Å². The molecule has 4 N–H and O–H groups in total. The number of halogens is 2. The fraction of sp³-hybridized carbons (Fsp3) is 0.100. The molecule has 7 nitrogen and oxygen atoms in total. The van der Waals surface area contributed by atoms with Gasteiger partial charge in [-0.1, -0.05) is 0 Å². The van der Waals surface area contributed by atoms with Gasteiger partial charge in [0.15, 0.2) is 0 Å². The molecule has 1 heterocycles. The summed E-state index contributed by atoms with van der Waals surface area (Å²) in [5.41, 5.74) is 2.37. The van der Waals surface area contributed by atoms with Gasteiger partial charge in [0.1, 0.15) is 11.6 Å². The first-order valence-electron chi connectivity index (χ1n) is 5.10. The summed E-state index contributed by atoms with van der Waals surface area (Å²) in [6.07, 6.45) is 0. The van der Waals surface area contributed by atoms with Crippen molar-refractivity contribution in [3.8, 4) is 6.01 Å². The molecule has 0 unspecified atom stereocenters. The number of rotatable bonds is 4. The van der Waals surface area contributed by atoms with Crippen LogP contribution in [-0.2, 0) is 0 Å². The number of ether oxygens (including phenoxy) is 1. The molecule has 9 heteroatoms. The molecule has 2 aromatic rings. The number of hydrogen-bond acceptors (Lipinski definition) is 7. The van der Waals surface area contributed by atoms with Crippen LogP contribution in [0.3, 0.4) is 0 Å². The summed E-state index contributed by atoms with van der Waals surface area (Å²) in [7, 11) is 1.36. The predicted octanol–water partition coefficient (Wildman–Crippen LogP) is 1.19. The molecular formula is C10H10F2N6O. The van der Waals surface area contributed by atoms with Crippen LogP contribution >= 0.6 is 0 Å². The monoisotopic (exact) mass is 268 g/mol. The smallest absolute Gasteiger partial charge is 0.322 e. The molecule has 100 valence electrons. The zero-order chi connectivity index (χ0) is 13.8. The van der Waals surface area contributed by atoms with Crippen LogP contribution in [0.4, 0.5) is 26.4 Å². The van der Waals surface area contributed by atoms with Gasteiger partial charge in [-0.3, -0.25) is 5.43 Å². The van der Waals surface area contributed by atoms with Crippen LogP contribution in [0.15, 0.2) is 18.2 Å². The minimum absolute atomic E-state index is 0.00215. The van der Waals surface area contributed by atoms with Crippen molar-refractivity contribution in [3.05, 3.63) is 29.8 Å². The highest BCUT2D eigenvalue weighted by molar-refractivity contribution is 5.54. The summed E-state index contributed by atoms with van der Waals surface area (Å²) in [5, 5.41) is 2.62. The van der Waals surface area contributed by atoms with E-state index in [9.17, 15) is 8.78 Å². The molecule has 0 amide bonds. The Bertz CT molecular complexity index is 552. The lowest BCUT2D eigenvalue weighted by Crippen LogP contribution is -2.13. The van der Waals surface area contributed by atoms with Crippen molar-refractivity contribution in [1.29, 1.82) is 0 Å². The minimum atomic E-state index is -0.722. The fourth-order valence-corrected chi connectivity index (χ4v) is 1.32. The van der Waals surface area contributed by atoms with Gasteiger partial charge in [0.2, 0.25) is 11.9 Å². The predicted molar refractivity (Wildman–Crippen MR) is 63.8 cm³/mol. The summed E-state index contributed by atoms with van der Waals surface area (Å²) in [5.74, 6) is 3.81. The molecule has 0 aliphatic rings. The maximum Gasteiger partial charge on any atom is 0.322 e. The Morgan fingerprint density at radius 3 is 2.26 bits per heavy atom. The van der Waals surface area contributed by atoms with E-state index in [1.807, 2.05) is 0 Å². The average molecular weight is 268 g/mol. The van der Waals surface area contributed by atoms with E-state index in [0.717, 1.165) is 18.2 Å². The highest BCUT2D eigenvalue weighted by Gasteiger charge is 2.07. The van der Waals surface area contributed by atoms with E-state index in [0.29, 0.717) is 0 Å². The topological polar surface area (TPSA) is 98.0 Å². The second-order valence-electron chi connectivity index (χ2n) is 3.40. The van der Waals surface area contributed by atoms with E-state index in [1.54, 1.807) is 0 Å². The number of hydrogen-bond donors (Lipinski definition) is 3. The number of benzene rings is 1. The molecule has 0 bridgehead atoms. The first-order valence-corrected chi connectivity index (χ1v) is 5.10. The van der Waals surface area contributed by atoms with Gasteiger partial charge in [0.25, 0.3) is 0 Å². The van der Waals surface area contributed by atoms with Gasteiger partial charge in [-0.25, -0.2) is 14.6 Å². The molecule has 0 radical (unpaired) electrons. The first kappa shape index (κ1) is 12.9. The van der Waals surface area contributed by atoms with Crippen molar-refractivity contribution < 1.29 is 13.5 Å². The summed E-state index contributed by atoms with van der Waals surface area (Å²) in [6, 6.07) is 2.94. The van der Waals surface area contributed by atoms with Crippen LogP contribution < -0.4 is 21.3 Å². The van der Waals surface area contributed by atoms with Gasteiger partial charge in [-0.2, -0.15) is 15.0 Å².